The number of likely N-dealkylation sites (tertiary alicyclic amines) is 1. The fourth-order valence-corrected chi connectivity index (χ4v) is 5.76. The summed E-state index contributed by atoms with van der Waals surface area (Å²) in [6.45, 7) is 13.5. The Morgan fingerprint density at radius 3 is 2.51 bits per heavy atom. The third-order valence-corrected chi connectivity index (χ3v) is 7.95. The van der Waals surface area contributed by atoms with Gasteiger partial charge in [-0.25, -0.2) is 9.97 Å². The van der Waals surface area contributed by atoms with Crippen molar-refractivity contribution in [2.24, 2.45) is 0 Å². The highest BCUT2D eigenvalue weighted by atomic mass is 16.4. The second kappa shape index (κ2) is 12.1. The van der Waals surface area contributed by atoms with Crippen molar-refractivity contribution in [1.82, 2.24) is 30.0 Å². The third kappa shape index (κ3) is 5.90. The molecule has 1 unspecified atom stereocenters. The standard InChI is InChI=1S/C29H40N8O2/c1-5-22-19-36(26-24(6-2)32-25(18-31-26)27-33-34-29(39-27)30-7-3)16-17-37(22)23-12-14-35(15-13-23)28(38)21-10-8-20(4)9-11-21/h8-11,18,22-23H,5-7,12-17,19H2,1-4H3,(H,30,34). The maximum atomic E-state index is 13.0. The smallest absolute Gasteiger partial charge is 0.315 e. The van der Waals surface area contributed by atoms with Gasteiger partial charge in [-0.3, -0.25) is 9.69 Å². The van der Waals surface area contributed by atoms with E-state index in [0.717, 1.165) is 75.5 Å². The fraction of sp³-hybridized carbons (Fsp3) is 0.552. The summed E-state index contributed by atoms with van der Waals surface area (Å²) in [6, 6.07) is 9.24. The molecule has 10 heteroatoms. The maximum Gasteiger partial charge on any atom is 0.315 e. The van der Waals surface area contributed by atoms with Crippen molar-refractivity contribution < 1.29 is 9.21 Å². The van der Waals surface area contributed by atoms with Crippen molar-refractivity contribution in [2.75, 3.05) is 49.5 Å². The number of aryl methyl sites for hydroxylation is 2. The molecule has 4 heterocycles. The van der Waals surface area contributed by atoms with Gasteiger partial charge in [0.25, 0.3) is 11.8 Å². The first-order valence-corrected chi connectivity index (χ1v) is 14.3. The zero-order chi connectivity index (χ0) is 27.4. The highest BCUT2D eigenvalue weighted by molar-refractivity contribution is 5.94. The van der Waals surface area contributed by atoms with Gasteiger partial charge in [0.05, 0.1) is 11.9 Å². The molecule has 1 atom stereocenters. The molecule has 39 heavy (non-hydrogen) atoms. The summed E-state index contributed by atoms with van der Waals surface area (Å²) < 4.78 is 5.68. The molecular weight excluding hydrogens is 492 g/mol. The van der Waals surface area contributed by atoms with Crippen LogP contribution in [0.2, 0.25) is 0 Å². The highest BCUT2D eigenvalue weighted by Gasteiger charge is 2.35. The number of aromatic nitrogens is 4. The Kier molecular flexibility index (Phi) is 8.40. The lowest BCUT2D eigenvalue weighted by Crippen LogP contribution is -2.59. The first-order valence-electron chi connectivity index (χ1n) is 14.3. The minimum absolute atomic E-state index is 0.151. The molecule has 0 saturated carbocycles. The van der Waals surface area contributed by atoms with Crippen LogP contribution in [0.25, 0.3) is 11.6 Å². The molecule has 2 aliphatic heterocycles. The van der Waals surface area contributed by atoms with Crippen molar-refractivity contribution >= 4 is 17.7 Å². The lowest BCUT2D eigenvalue weighted by molar-refractivity contribution is 0.0490. The number of carbonyl (C=O) groups is 1. The number of nitrogens with one attached hydrogen (secondary N) is 1. The van der Waals surface area contributed by atoms with Crippen molar-refractivity contribution in [3.8, 4) is 11.6 Å². The van der Waals surface area contributed by atoms with Crippen LogP contribution >= 0.6 is 0 Å². The predicted octanol–water partition coefficient (Wildman–Crippen LogP) is 4.03. The summed E-state index contributed by atoms with van der Waals surface area (Å²) in [6.07, 6.45) is 5.62. The first kappa shape index (κ1) is 27.1. The molecule has 1 N–H and O–H groups in total. The van der Waals surface area contributed by atoms with Gasteiger partial charge in [-0.1, -0.05) is 36.6 Å². The van der Waals surface area contributed by atoms with E-state index in [2.05, 4.69) is 39.2 Å². The molecule has 2 aliphatic rings. The number of hydrogen-bond donors (Lipinski definition) is 1. The number of carbonyl (C=O) groups excluding carboxylic acids is 1. The normalized spacial score (nSPS) is 18.9. The molecule has 5 rings (SSSR count). The molecule has 1 aromatic carbocycles. The minimum atomic E-state index is 0.151. The van der Waals surface area contributed by atoms with Crippen LogP contribution in [0.3, 0.4) is 0 Å². The van der Waals surface area contributed by atoms with E-state index in [-0.39, 0.29) is 5.91 Å². The molecule has 0 radical (unpaired) electrons. The quantitative estimate of drug-likeness (QED) is 0.460. The van der Waals surface area contributed by atoms with E-state index >= 15 is 0 Å². The lowest BCUT2D eigenvalue weighted by atomic mass is 9.97. The van der Waals surface area contributed by atoms with Crippen LogP contribution in [0.4, 0.5) is 11.8 Å². The Bertz CT molecular complexity index is 1250. The van der Waals surface area contributed by atoms with E-state index in [1.807, 2.05) is 43.0 Å². The minimum Gasteiger partial charge on any atom is -0.402 e. The second-order valence-corrected chi connectivity index (χ2v) is 10.5. The number of piperidine rings is 1. The summed E-state index contributed by atoms with van der Waals surface area (Å²) in [5.74, 6) is 1.48. The summed E-state index contributed by atoms with van der Waals surface area (Å²) in [5, 5.41) is 11.2. The molecule has 208 valence electrons. The molecule has 2 saturated heterocycles. The van der Waals surface area contributed by atoms with E-state index in [1.165, 1.54) is 5.56 Å². The number of rotatable bonds is 8. The van der Waals surface area contributed by atoms with Crippen LogP contribution < -0.4 is 10.2 Å². The number of amides is 1. The Balaban J connectivity index is 1.22. The van der Waals surface area contributed by atoms with E-state index in [9.17, 15) is 4.79 Å². The van der Waals surface area contributed by atoms with Gasteiger partial charge in [0.2, 0.25) is 0 Å². The fourth-order valence-electron chi connectivity index (χ4n) is 5.76. The molecule has 1 amide bonds. The van der Waals surface area contributed by atoms with Crippen molar-refractivity contribution in [1.29, 1.82) is 0 Å². The van der Waals surface area contributed by atoms with Crippen LogP contribution in [0.15, 0.2) is 34.9 Å². The van der Waals surface area contributed by atoms with Gasteiger partial charge < -0.3 is 19.5 Å². The Morgan fingerprint density at radius 2 is 1.82 bits per heavy atom. The Morgan fingerprint density at radius 1 is 1.05 bits per heavy atom. The zero-order valence-corrected chi connectivity index (χ0v) is 23.6. The first-order chi connectivity index (χ1) is 19.0. The van der Waals surface area contributed by atoms with Crippen molar-refractivity contribution in [3.63, 3.8) is 0 Å². The molecular formula is C29H40N8O2. The van der Waals surface area contributed by atoms with Gasteiger partial charge in [-0.05, 0) is 51.7 Å². The van der Waals surface area contributed by atoms with Crippen molar-refractivity contribution in [2.45, 2.75) is 65.5 Å². The monoisotopic (exact) mass is 532 g/mol. The maximum absolute atomic E-state index is 13.0. The van der Waals surface area contributed by atoms with Crippen LogP contribution in [-0.4, -0.2) is 87.2 Å². The van der Waals surface area contributed by atoms with Crippen LogP contribution in [0.5, 0.6) is 0 Å². The van der Waals surface area contributed by atoms with E-state index < -0.39 is 0 Å². The molecule has 0 aliphatic carbocycles. The largest absolute Gasteiger partial charge is 0.402 e. The SMILES string of the molecule is CCNc1nnc(-c2cnc(N3CCN(C4CCN(C(=O)c5ccc(C)cc5)CC4)C(CC)C3)c(CC)n2)o1. The van der Waals surface area contributed by atoms with E-state index in [0.29, 0.717) is 36.2 Å². The van der Waals surface area contributed by atoms with Gasteiger partial charge in [-0.2, -0.15) is 0 Å². The highest BCUT2D eigenvalue weighted by Crippen LogP contribution is 2.28. The van der Waals surface area contributed by atoms with Crippen molar-refractivity contribution in [3.05, 3.63) is 47.3 Å². The van der Waals surface area contributed by atoms with E-state index in [4.69, 9.17) is 14.4 Å². The van der Waals surface area contributed by atoms with Crippen LogP contribution in [-0.2, 0) is 6.42 Å². The average Bonchev–Trinajstić information content (AvgIpc) is 3.45. The number of anilines is 2. The number of piperazine rings is 1. The Labute approximate surface area is 230 Å². The zero-order valence-electron chi connectivity index (χ0n) is 23.6. The van der Waals surface area contributed by atoms with Gasteiger partial charge in [-0.15, -0.1) is 5.10 Å². The van der Waals surface area contributed by atoms with Gasteiger partial charge in [0.1, 0.15) is 11.5 Å². The summed E-state index contributed by atoms with van der Waals surface area (Å²) >= 11 is 0. The van der Waals surface area contributed by atoms with E-state index in [1.54, 1.807) is 6.20 Å². The summed E-state index contributed by atoms with van der Waals surface area (Å²) in [5.41, 5.74) is 3.51. The molecule has 10 nitrogen and oxygen atoms in total. The Hall–Kier alpha value is -3.53. The molecule has 0 bridgehead atoms. The van der Waals surface area contributed by atoms with Crippen LogP contribution in [0.1, 0.15) is 61.6 Å². The topological polar surface area (TPSA) is 104 Å². The number of nitrogens with zero attached hydrogens (tertiary/aromatic N) is 7. The van der Waals surface area contributed by atoms with Gasteiger partial charge in [0, 0.05) is 56.9 Å². The lowest BCUT2D eigenvalue weighted by Gasteiger charge is -2.47. The van der Waals surface area contributed by atoms with Gasteiger partial charge in [0.15, 0.2) is 0 Å². The summed E-state index contributed by atoms with van der Waals surface area (Å²) in [7, 11) is 0. The molecule has 3 aromatic rings. The molecule has 2 aromatic heterocycles. The van der Waals surface area contributed by atoms with Gasteiger partial charge >= 0.3 is 6.01 Å². The molecule has 2 fully saturated rings. The van der Waals surface area contributed by atoms with Crippen LogP contribution in [0, 0.1) is 6.92 Å². The third-order valence-electron chi connectivity index (χ3n) is 7.95. The second-order valence-electron chi connectivity index (χ2n) is 10.5. The summed E-state index contributed by atoms with van der Waals surface area (Å²) in [4.78, 5) is 29.8. The number of benzene rings is 1. The number of hydrogen-bond acceptors (Lipinski definition) is 9. The predicted molar refractivity (Wildman–Crippen MR) is 152 cm³/mol. The molecule has 0 spiro atoms. The average molecular weight is 533 g/mol.